The largest absolute Gasteiger partial charge is 0.393 e. The first-order valence-corrected chi connectivity index (χ1v) is 13.4. The Morgan fingerprint density at radius 2 is 1.77 bits per heavy atom. The van der Waals surface area contributed by atoms with Gasteiger partial charge in [-0.1, -0.05) is 64.8 Å². The van der Waals surface area contributed by atoms with Crippen LogP contribution in [0.5, 0.6) is 0 Å². The fraction of sp³-hybridized carbons (Fsp3) is 0.867. The van der Waals surface area contributed by atoms with Crippen molar-refractivity contribution in [3.05, 3.63) is 23.3 Å². The molecule has 4 rings (SSSR count). The molecule has 4 aliphatic rings. The highest BCUT2D eigenvalue weighted by Crippen LogP contribution is 2.73. The molecule has 0 bridgehead atoms. The maximum absolute atomic E-state index is 10.8. The molecule has 31 heavy (non-hydrogen) atoms. The van der Waals surface area contributed by atoms with Crippen LogP contribution in [0.15, 0.2) is 23.3 Å². The van der Waals surface area contributed by atoms with Crippen molar-refractivity contribution in [1.29, 1.82) is 0 Å². The molecule has 1 nitrogen and oxygen atoms in total. The Morgan fingerprint density at radius 1 is 1.06 bits per heavy atom. The van der Waals surface area contributed by atoms with Gasteiger partial charge in [0.05, 0.1) is 6.10 Å². The minimum absolute atomic E-state index is 0.0360. The summed E-state index contributed by atoms with van der Waals surface area (Å²) < 4.78 is 0. The van der Waals surface area contributed by atoms with Crippen molar-refractivity contribution in [3.63, 3.8) is 0 Å². The lowest BCUT2D eigenvalue weighted by Gasteiger charge is -2.64. The molecule has 3 saturated carbocycles. The van der Waals surface area contributed by atoms with Gasteiger partial charge in [-0.3, -0.25) is 0 Å². The lowest BCUT2D eigenvalue weighted by Crippen LogP contribution is -2.58. The Morgan fingerprint density at radius 3 is 2.45 bits per heavy atom. The van der Waals surface area contributed by atoms with Crippen LogP contribution in [0.3, 0.4) is 0 Å². The van der Waals surface area contributed by atoms with E-state index in [1.807, 2.05) is 5.57 Å². The van der Waals surface area contributed by atoms with E-state index < -0.39 is 0 Å². The van der Waals surface area contributed by atoms with E-state index in [0.29, 0.717) is 22.2 Å². The van der Waals surface area contributed by atoms with Gasteiger partial charge in [-0.2, -0.15) is 0 Å². The first kappa shape index (κ1) is 23.6. The zero-order chi connectivity index (χ0) is 22.8. The lowest BCUT2D eigenvalue weighted by molar-refractivity contribution is -0.131. The van der Waals surface area contributed by atoms with E-state index in [1.165, 1.54) is 56.9 Å². The molecule has 0 spiro atoms. The molecule has 0 aromatic heterocycles. The third-order valence-electron chi connectivity index (χ3n) is 11.7. The lowest BCUT2D eigenvalue weighted by atomic mass is 9.41. The molecule has 176 valence electrons. The Balaban J connectivity index is 1.62. The zero-order valence-corrected chi connectivity index (χ0v) is 21.9. The van der Waals surface area contributed by atoms with Crippen molar-refractivity contribution in [1.82, 2.24) is 0 Å². The smallest absolute Gasteiger partial charge is 0.0594 e. The summed E-state index contributed by atoms with van der Waals surface area (Å²) in [5, 5.41) is 10.8. The second-order valence-electron chi connectivity index (χ2n) is 13.7. The van der Waals surface area contributed by atoms with Gasteiger partial charge in [0.15, 0.2) is 0 Å². The van der Waals surface area contributed by atoms with Crippen molar-refractivity contribution in [2.45, 2.75) is 119 Å². The number of aliphatic hydroxyl groups excluding tert-OH is 1. The summed E-state index contributed by atoms with van der Waals surface area (Å²) in [6, 6.07) is 0. The molecule has 0 radical (unpaired) electrons. The van der Waals surface area contributed by atoms with E-state index in [2.05, 4.69) is 67.5 Å². The summed E-state index contributed by atoms with van der Waals surface area (Å²) >= 11 is 0. The van der Waals surface area contributed by atoms with Crippen molar-refractivity contribution < 1.29 is 5.11 Å². The van der Waals surface area contributed by atoms with Crippen LogP contribution < -0.4 is 0 Å². The van der Waals surface area contributed by atoms with Gasteiger partial charge in [-0.25, -0.2) is 0 Å². The number of allylic oxidation sites excluding steroid dienone is 4. The molecule has 3 fully saturated rings. The Bertz CT molecular complexity index is 754. The molecule has 2 unspecified atom stereocenters. The average Bonchev–Trinajstić information content (AvgIpc) is 2.96. The molecule has 4 aliphatic carbocycles. The Labute approximate surface area is 193 Å². The summed E-state index contributed by atoms with van der Waals surface area (Å²) in [6.07, 6.45) is 16.5. The minimum Gasteiger partial charge on any atom is -0.393 e. The van der Waals surface area contributed by atoms with Crippen molar-refractivity contribution in [2.75, 3.05) is 0 Å². The predicted octanol–water partition coefficient (Wildman–Crippen LogP) is 8.34. The van der Waals surface area contributed by atoms with Crippen LogP contribution in [0.1, 0.15) is 113 Å². The third kappa shape index (κ3) is 3.34. The molecule has 0 saturated heterocycles. The highest BCUT2D eigenvalue weighted by molar-refractivity contribution is 5.33. The summed E-state index contributed by atoms with van der Waals surface area (Å²) in [6.45, 7) is 19.6. The molecule has 1 heteroatoms. The van der Waals surface area contributed by atoms with E-state index in [-0.39, 0.29) is 11.5 Å². The highest BCUT2D eigenvalue weighted by atomic mass is 16.3. The maximum Gasteiger partial charge on any atom is 0.0594 e. The Hall–Kier alpha value is -0.560. The highest BCUT2D eigenvalue weighted by Gasteiger charge is 2.65. The molecule has 0 aromatic rings. The van der Waals surface area contributed by atoms with Gasteiger partial charge in [0.25, 0.3) is 0 Å². The summed E-state index contributed by atoms with van der Waals surface area (Å²) in [5.41, 5.74) is 4.53. The van der Waals surface area contributed by atoms with Gasteiger partial charge in [-0.05, 0) is 117 Å². The maximum atomic E-state index is 10.8. The van der Waals surface area contributed by atoms with Crippen LogP contribution in [0, 0.1) is 45.3 Å². The molecule has 0 aliphatic heterocycles. The third-order valence-corrected chi connectivity index (χ3v) is 11.7. The van der Waals surface area contributed by atoms with Gasteiger partial charge in [-0.15, -0.1) is 0 Å². The number of hydrogen-bond acceptors (Lipinski definition) is 1. The van der Waals surface area contributed by atoms with Gasteiger partial charge in [0.1, 0.15) is 0 Å². The van der Waals surface area contributed by atoms with Gasteiger partial charge in [0, 0.05) is 0 Å². The van der Waals surface area contributed by atoms with Crippen LogP contribution in [-0.2, 0) is 0 Å². The van der Waals surface area contributed by atoms with Crippen LogP contribution in [-0.4, -0.2) is 11.2 Å². The number of hydrogen-bond donors (Lipinski definition) is 1. The predicted molar refractivity (Wildman–Crippen MR) is 133 cm³/mol. The summed E-state index contributed by atoms with van der Waals surface area (Å²) in [4.78, 5) is 0. The van der Waals surface area contributed by atoms with E-state index in [9.17, 15) is 5.11 Å². The fourth-order valence-corrected chi connectivity index (χ4v) is 9.49. The molecular formula is C30H50O. The number of aliphatic hydroxyl groups is 1. The van der Waals surface area contributed by atoms with Crippen LogP contribution in [0.2, 0.25) is 0 Å². The zero-order valence-electron chi connectivity index (χ0n) is 21.9. The standard InChI is InChI=1S/C30H50O/c1-20(2)10-9-11-21(3)22-14-18-30(8)24-12-13-25-27(4,5)26(31)16-17-28(25,6)23(24)15-19-29(22,30)7/h10,12,21-23,25-26,31H,9,11,13-19H2,1-8H3/t21-,22?,23?,25-,26-,28+,29-,30+/m0/s1. The van der Waals surface area contributed by atoms with Crippen LogP contribution >= 0.6 is 0 Å². The van der Waals surface area contributed by atoms with E-state index >= 15 is 0 Å². The van der Waals surface area contributed by atoms with Crippen molar-refractivity contribution >= 4 is 0 Å². The molecular weight excluding hydrogens is 376 g/mol. The SMILES string of the molecule is CC(C)=CCC[C@H](C)C1CC[C@]2(C)C3=CC[C@H]4C(C)(C)[C@@H](O)CC[C@]4(C)C3CC[C@@]12C. The second-order valence-corrected chi connectivity index (χ2v) is 13.7. The average molecular weight is 427 g/mol. The second kappa shape index (κ2) is 7.75. The summed E-state index contributed by atoms with van der Waals surface area (Å²) in [7, 11) is 0. The summed E-state index contributed by atoms with van der Waals surface area (Å²) in [5.74, 6) is 3.02. The molecule has 0 amide bonds. The minimum atomic E-state index is -0.137. The van der Waals surface area contributed by atoms with Gasteiger partial charge >= 0.3 is 0 Å². The van der Waals surface area contributed by atoms with E-state index in [0.717, 1.165) is 24.2 Å². The van der Waals surface area contributed by atoms with Crippen molar-refractivity contribution in [3.8, 4) is 0 Å². The monoisotopic (exact) mass is 426 g/mol. The fourth-order valence-electron chi connectivity index (χ4n) is 9.49. The van der Waals surface area contributed by atoms with E-state index in [4.69, 9.17) is 0 Å². The first-order chi connectivity index (χ1) is 14.4. The van der Waals surface area contributed by atoms with Crippen LogP contribution in [0.4, 0.5) is 0 Å². The van der Waals surface area contributed by atoms with Gasteiger partial charge < -0.3 is 5.11 Å². The molecule has 8 atom stereocenters. The quantitative estimate of drug-likeness (QED) is 0.448. The van der Waals surface area contributed by atoms with Gasteiger partial charge in [0.2, 0.25) is 0 Å². The Kier molecular flexibility index (Phi) is 5.90. The van der Waals surface area contributed by atoms with Crippen molar-refractivity contribution in [2.24, 2.45) is 45.3 Å². The molecule has 0 aromatic carbocycles. The van der Waals surface area contributed by atoms with E-state index in [1.54, 1.807) is 0 Å². The first-order valence-electron chi connectivity index (χ1n) is 13.4. The number of rotatable bonds is 4. The topological polar surface area (TPSA) is 20.2 Å². The van der Waals surface area contributed by atoms with Crippen LogP contribution in [0.25, 0.3) is 0 Å². The molecule has 0 heterocycles. The molecule has 1 N–H and O–H groups in total. The number of fused-ring (bicyclic) bond motifs is 5. The normalized spacial score (nSPS) is 46.9.